The Morgan fingerprint density at radius 2 is 2.19 bits per heavy atom. The van der Waals surface area contributed by atoms with Crippen molar-refractivity contribution in [3.8, 4) is 11.1 Å². The molecule has 1 fully saturated rings. The van der Waals surface area contributed by atoms with Gasteiger partial charge in [-0.2, -0.15) is 5.10 Å². The van der Waals surface area contributed by atoms with E-state index in [1.54, 1.807) is 0 Å². The van der Waals surface area contributed by atoms with Crippen LogP contribution in [0.5, 0.6) is 0 Å². The van der Waals surface area contributed by atoms with Gasteiger partial charge in [-0.3, -0.25) is 5.10 Å². The van der Waals surface area contributed by atoms with Gasteiger partial charge >= 0.3 is 0 Å². The van der Waals surface area contributed by atoms with E-state index in [9.17, 15) is 0 Å². The summed E-state index contributed by atoms with van der Waals surface area (Å²) < 4.78 is 0. The van der Waals surface area contributed by atoms with Gasteiger partial charge in [0.25, 0.3) is 0 Å². The van der Waals surface area contributed by atoms with Gasteiger partial charge in [0.05, 0.1) is 0 Å². The molecule has 1 heterocycles. The van der Waals surface area contributed by atoms with Gasteiger partial charge in [0.2, 0.25) is 0 Å². The molecule has 82 valence electrons. The Labute approximate surface area is 98.6 Å². The molecule has 1 aromatic heterocycles. The summed E-state index contributed by atoms with van der Waals surface area (Å²) in [6.07, 6.45) is 2.43. The quantitative estimate of drug-likeness (QED) is 0.837. The Hall–Kier alpha value is -1.48. The van der Waals surface area contributed by atoms with Crippen molar-refractivity contribution in [3.63, 3.8) is 0 Å². The number of nitrogen functional groups attached to an aromatic ring is 1. The Morgan fingerprint density at radius 1 is 1.38 bits per heavy atom. The van der Waals surface area contributed by atoms with Crippen molar-refractivity contribution < 1.29 is 0 Å². The number of halogens is 1. The van der Waals surface area contributed by atoms with Crippen molar-refractivity contribution in [3.05, 3.63) is 35.0 Å². The summed E-state index contributed by atoms with van der Waals surface area (Å²) in [5.41, 5.74) is 9.12. The second kappa shape index (κ2) is 3.52. The first-order valence-electron chi connectivity index (χ1n) is 5.35. The van der Waals surface area contributed by atoms with Crippen LogP contribution in [0, 0.1) is 0 Å². The van der Waals surface area contributed by atoms with E-state index >= 15 is 0 Å². The first-order valence-corrected chi connectivity index (χ1v) is 5.73. The smallest absolute Gasteiger partial charge is 0.153 e. The number of nitrogens with zero attached hydrogens (tertiary/aromatic N) is 1. The molecular weight excluding hydrogens is 222 g/mol. The minimum atomic E-state index is 0.559. The predicted octanol–water partition coefficient (Wildman–Crippen LogP) is 3.19. The van der Waals surface area contributed by atoms with Crippen molar-refractivity contribution in [2.45, 2.75) is 18.8 Å². The number of anilines is 1. The van der Waals surface area contributed by atoms with Crippen LogP contribution in [-0.4, -0.2) is 10.2 Å². The minimum Gasteiger partial charge on any atom is -0.382 e. The fraction of sp³-hybridized carbons (Fsp3) is 0.250. The first kappa shape index (κ1) is 9.73. The van der Waals surface area contributed by atoms with E-state index < -0.39 is 0 Å². The van der Waals surface area contributed by atoms with E-state index in [4.69, 9.17) is 17.3 Å². The average molecular weight is 234 g/mol. The summed E-state index contributed by atoms with van der Waals surface area (Å²) in [6.45, 7) is 0. The highest BCUT2D eigenvalue weighted by molar-refractivity contribution is 6.30. The van der Waals surface area contributed by atoms with Crippen LogP contribution in [-0.2, 0) is 0 Å². The van der Waals surface area contributed by atoms with E-state index in [0.717, 1.165) is 21.8 Å². The van der Waals surface area contributed by atoms with Crippen LogP contribution in [0.3, 0.4) is 0 Å². The number of hydrogen-bond donors (Lipinski definition) is 2. The molecule has 0 bridgehead atoms. The molecule has 1 aliphatic rings. The Bertz CT molecular complexity index is 529. The molecule has 3 N–H and O–H groups in total. The van der Waals surface area contributed by atoms with E-state index in [0.29, 0.717) is 11.7 Å². The van der Waals surface area contributed by atoms with Gasteiger partial charge in [-0.15, -0.1) is 0 Å². The zero-order valence-corrected chi connectivity index (χ0v) is 9.46. The molecule has 0 amide bonds. The number of benzene rings is 1. The van der Waals surface area contributed by atoms with Crippen LogP contribution in [0.15, 0.2) is 24.3 Å². The number of aromatic amines is 1. The van der Waals surface area contributed by atoms with E-state index in [1.165, 1.54) is 12.8 Å². The summed E-state index contributed by atoms with van der Waals surface area (Å²) in [5.74, 6) is 1.16. The van der Waals surface area contributed by atoms with Crippen LogP contribution in [0.1, 0.15) is 24.5 Å². The standard InChI is InChI=1S/C12H12ClN3/c13-9-3-1-2-8(6-9)10-11(7-4-5-7)15-16-12(10)14/h1-3,6-7H,4-5H2,(H3,14,15,16). The molecular formula is C12H12ClN3. The van der Waals surface area contributed by atoms with E-state index in [2.05, 4.69) is 10.2 Å². The maximum atomic E-state index is 5.99. The molecule has 1 aliphatic carbocycles. The molecule has 0 atom stereocenters. The second-order valence-corrected chi connectivity index (χ2v) is 4.62. The lowest BCUT2D eigenvalue weighted by molar-refractivity contribution is 0.969. The van der Waals surface area contributed by atoms with E-state index in [1.807, 2.05) is 24.3 Å². The molecule has 1 saturated carbocycles. The Balaban J connectivity index is 2.14. The average Bonchev–Trinajstić information content (AvgIpc) is 3.02. The third kappa shape index (κ3) is 1.57. The zero-order chi connectivity index (χ0) is 11.1. The van der Waals surface area contributed by atoms with Crippen molar-refractivity contribution >= 4 is 17.4 Å². The topological polar surface area (TPSA) is 54.7 Å². The maximum Gasteiger partial charge on any atom is 0.153 e. The maximum absolute atomic E-state index is 5.99. The van der Waals surface area contributed by atoms with Crippen LogP contribution in [0.4, 0.5) is 5.82 Å². The zero-order valence-electron chi connectivity index (χ0n) is 8.70. The molecule has 0 radical (unpaired) electrons. The highest BCUT2D eigenvalue weighted by Crippen LogP contribution is 2.45. The molecule has 0 aliphatic heterocycles. The number of H-pyrrole nitrogens is 1. The summed E-state index contributed by atoms with van der Waals surface area (Å²) in [5, 5.41) is 7.85. The number of rotatable bonds is 2. The van der Waals surface area contributed by atoms with Gasteiger partial charge in [-0.05, 0) is 30.5 Å². The molecule has 2 aromatic rings. The van der Waals surface area contributed by atoms with Crippen LogP contribution >= 0.6 is 11.6 Å². The summed E-state index contributed by atoms with van der Waals surface area (Å²) in [6, 6.07) is 7.73. The molecule has 3 rings (SSSR count). The molecule has 0 saturated heterocycles. The van der Waals surface area contributed by atoms with Crippen molar-refractivity contribution in [2.24, 2.45) is 0 Å². The van der Waals surface area contributed by atoms with Crippen molar-refractivity contribution in [1.29, 1.82) is 0 Å². The third-order valence-corrected chi connectivity index (χ3v) is 3.16. The van der Waals surface area contributed by atoms with Gasteiger partial charge in [-0.1, -0.05) is 23.7 Å². The summed E-state index contributed by atoms with van der Waals surface area (Å²) >= 11 is 5.99. The lowest BCUT2D eigenvalue weighted by Crippen LogP contribution is -1.89. The summed E-state index contributed by atoms with van der Waals surface area (Å²) in [4.78, 5) is 0. The van der Waals surface area contributed by atoms with Gasteiger partial charge in [0, 0.05) is 22.2 Å². The monoisotopic (exact) mass is 233 g/mol. The van der Waals surface area contributed by atoms with Gasteiger partial charge in [0.15, 0.2) is 5.82 Å². The highest BCUT2D eigenvalue weighted by atomic mass is 35.5. The lowest BCUT2D eigenvalue weighted by atomic mass is 10.0. The SMILES string of the molecule is Nc1n[nH]c(C2CC2)c1-c1cccc(Cl)c1. The largest absolute Gasteiger partial charge is 0.382 e. The van der Waals surface area contributed by atoms with Crippen LogP contribution < -0.4 is 5.73 Å². The lowest BCUT2D eigenvalue weighted by Gasteiger charge is -2.03. The molecule has 3 nitrogen and oxygen atoms in total. The van der Waals surface area contributed by atoms with Gasteiger partial charge in [0.1, 0.15) is 0 Å². The number of nitrogens with one attached hydrogen (secondary N) is 1. The molecule has 4 heteroatoms. The van der Waals surface area contributed by atoms with E-state index in [-0.39, 0.29) is 0 Å². The summed E-state index contributed by atoms with van der Waals surface area (Å²) in [7, 11) is 0. The second-order valence-electron chi connectivity index (χ2n) is 4.18. The van der Waals surface area contributed by atoms with Crippen LogP contribution in [0.2, 0.25) is 5.02 Å². The molecule has 1 aromatic carbocycles. The Kier molecular flexibility index (Phi) is 2.14. The predicted molar refractivity (Wildman–Crippen MR) is 65.4 cm³/mol. The molecule has 0 spiro atoms. The van der Waals surface area contributed by atoms with Crippen LogP contribution in [0.25, 0.3) is 11.1 Å². The minimum absolute atomic E-state index is 0.559. The normalized spacial score (nSPS) is 15.3. The Morgan fingerprint density at radius 3 is 2.88 bits per heavy atom. The van der Waals surface area contributed by atoms with Crippen molar-refractivity contribution in [1.82, 2.24) is 10.2 Å². The fourth-order valence-electron chi connectivity index (χ4n) is 1.99. The van der Waals surface area contributed by atoms with Gasteiger partial charge < -0.3 is 5.73 Å². The number of aromatic nitrogens is 2. The fourth-order valence-corrected chi connectivity index (χ4v) is 2.18. The first-order chi connectivity index (χ1) is 7.75. The number of hydrogen-bond acceptors (Lipinski definition) is 2. The third-order valence-electron chi connectivity index (χ3n) is 2.92. The van der Waals surface area contributed by atoms with Crippen molar-refractivity contribution in [2.75, 3.05) is 5.73 Å². The highest BCUT2D eigenvalue weighted by Gasteiger charge is 2.29. The number of nitrogens with two attached hydrogens (primary N) is 1. The molecule has 16 heavy (non-hydrogen) atoms. The van der Waals surface area contributed by atoms with Gasteiger partial charge in [-0.25, -0.2) is 0 Å². The molecule has 0 unspecified atom stereocenters.